The molecule has 3 aromatic carbocycles. The van der Waals surface area contributed by atoms with Crippen molar-refractivity contribution in [3.8, 4) is 5.75 Å². The maximum Gasteiger partial charge on any atom is 0.124 e. The zero-order chi connectivity index (χ0) is 18.2. The first kappa shape index (κ1) is 18.4. The highest BCUT2D eigenvalue weighted by atomic mass is 16.5. The van der Waals surface area contributed by atoms with Gasteiger partial charge in [-0.05, 0) is 42.3 Å². The van der Waals surface area contributed by atoms with E-state index >= 15 is 0 Å². The molecular formula is C23H27NO2. The molecule has 0 aliphatic carbocycles. The average molecular weight is 349 g/mol. The van der Waals surface area contributed by atoms with E-state index in [1.807, 2.05) is 0 Å². The largest absolute Gasteiger partial charge is 0.489 e. The number of hydrogen-bond donors (Lipinski definition) is 1. The SMILES string of the molecule is COCCCNCc1c(OCc2ccc(C)cc2)ccc2ccccc12. The molecule has 0 aliphatic heterocycles. The predicted octanol–water partition coefficient (Wildman–Crippen LogP) is 4.85. The van der Waals surface area contributed by atoms with Crippen LogP contribution in [0.25, 0.3) is 10.8 Å². The Kier molecular flexibility index (Phi) is 6.64. The summed E-state index contributed by atoms with van der Waals surface area (Å²) in [5, 5.41) is 6.00. The van der Waals surface area contributed by atoms with Crippen molar-refractivity contribution in [2.75, 3.05) is 20.3 Å². The molecule has 1 N–H and O–H groups in total. The molecule has 3 nitrogen and oxygen atoms in total. The molecule has 0 unspecified atom stereocenters. The molecule has 136 valence electrons. The number of nitrogens with one attached hydrogen (secondary N) is 1. The number of ether oxygens (including phenoxy) is 2. The molecule has 0 bridgehead atoms. The predicted molar refractivity (Wildman–Crippen MR) is 108 cm³/mol. The maximum absolute atomic E-state index is 6.18. The minimum atomic E-state index is 0.579. The number of fused-ring (bicyclic) bond motifs is 1. The Morgan fingerprint density at radius 2 is 1.73 bits per heavy atom. The zero-order valence-corrected chi connectivity index (χ0v) is 15.6. The monoisotopic (exact) mass is 349 g/mol. The van der Waals surface area contributed by atoms with Gasteiger partial charge in [0.15, 0.2) is 0 Å². The molecular weight excluding hydrogens is 322 g/mol. The first-order chi connectivity index (χ1) is 12.8. The van der Waals surface area contributed by atoms with E-state index in [0.717, 1.165) is 31.9 Å². The summed E-state index contributed by atoms with van der Waals surface area (Å²) >= 11 is 0. The number of aryl methyl sites for hydroxylation is 1. The molecule has 0 saturated carbocycles. The van der Waals surface area contributed by atoms with Gasteiger partial charge in [-0.2, -0.15) is 0 Å². The summed E-state index contributed by atoms with van der Waals surface area (Å²) in [4.78, 5) is 0. The molecule has 0 heterocycles. The van der Waals surface area contributed by atoms with E-state index in [2.05, 4.69) is 72.9 Å². The van der Waals surface area contributed by atoms with E-state index in [-0.39, 0.29) is 0 Å². The van der Waals surface area contributed by atoms with Crippen LogP contribution in [0.3, 0.4) is 0 Å². The Balaban J connectivity index is 1.76. The van der Waals surface area contributed by atoms with Gasteiger partial charge in [-0.15, -0.1) is 0 Å². The number of hydrogen-bond acceptors (Lipinski definition) is 3. The zero-order valence-electron chi connectivity index (χ0n) is 15.6. The van der Waals surface area contributed by atoms with Gasteiger partial charge >= 0.3 is 0 Å². The lowest BCUT2D eigenvalue weighted by Crippen LogP contribution is -2.17. The van der Waals surface area contributed by atoms with Crippen molar-refractivity contribution in [2.45, 2.75) is 26.5 Å². The minimum Gasteiger partial charge on any atom is -0.489 e. The van der Waals surface area contributed by atoms with Crippen LogP contribution in [0.2, 0.25) is 0 Å². The van der Waals surface area contributed by atoms with E-state index in [0.29, 0.717) is 6.61 Å². The van der Waals surface area contributed by atoms with Crippen LogP contribution in [0.1, 0.15) is 23.1 Å². The maximum atomic E-state index is 6.18. The van der Waals surface area contributed by atoms with Gasteiger partial charge < -0.3 is 14.8 Å². The summed E-state index contributed by atoms with van der Waals surface area (Å²) in [6.45, 7) is 5.17. The van der Waals surface area contributed by atoms with Gasteiger partial charge in [-0.3, -0.25) is 0 Å². The van der Waals surface area contributed by atoms with E-state index in [1.54, 1.807) is 7.11 Å². The van der Waals surface area contributed by atoms with Crippen LogP contribution in [0, 0.1) is 6.92 Å². The fourth-order valence-corrected chi connectivity index (χ4v) is 3.03. The molecule has 0 spiro atoms. The molecule has 0 aliphatic rings. The molecule has 3 aromatic rings. The van der Waals surface area contributed by atoms with Crippen molar-refractivity contribution in [2.24, 2.45) is 0 Å². The second kappa shape index (κ2) is 9.37. The lowest BCUT2D eigenvalue weighted by molar-refractivity contribution is 0.194. The van der Waals surface area contributed by atoms with E-state index in [9.17, 15) is 0 Å². The van der Waals surface area contributed by atoms with Gasteiger partial charge in [0.1, 0.15) is 12.4 Å². The molecule has 3 heteroatoms. The Bertz CT molecular complexity index is 827. The lowest BCUT2D eigenvalue weighted by Gasteiger charge is -2.15. The third-order valence-electron chi connectivity index (χ3n) is 4.52. The lowest BCUT2D eigenvalue weighted by atomic mass is 10.0. The standard InChI is InChI=1S/C23H27NO2/c1-18-8-10-19(11-9-18)17-26-23-13-12-20-6-3-4-7-21(20)22(23)16-24-14-5-15-25-2/h3-4,6-13,24H,5,14-17H2,1-2H3. The van der Waals surface area contributed by atoms with Crippen molar-refractivity contribution in [3.63, 3.8) is 0 Å². The first-order valence-electron chi connectivity index (χ1n) is 9.16. The second-order valence-electron chi connectivity index (χ2n) is 6.56. The van der Waals surface area contributed by atoms with Gasteiger partial charge in [-0.25, -0.2) is 0 Å². The molecule has 0 amide bonds. The van der Waals surface area contributed by atoms with Crippen LogP contribution in [0.15, 0.2) is 60.7 Å². The number of rotatable bonds is 9. The van der Waals surface area contributed by atoms with Crippen molar-refractivity contribution in [1.29, 1.82) is 0 Å². The first-order valence-corrected chi connectivity index (χ1v) is 9.16. The summed E-state index contributed by atoms with van der Waals surface area (Å²) in [5.41, 5.74) is 3.66. The van der Waals surface area contributed by atoms with Crippen LogP contribution in [-0.4, -0.2) is 20.3 Å². The van der Waals surface area contributed by atoms with Gasteiger partial charge in [0, 0.05) is 25.8 Å². The van der Waals surface area contributed by atoms with Crippen LogP contribution in [-0.2, 0) is 17.9 Å². The van der Waals surface area contributed by atoms with Crippen LogP contribution in [0.4, 0.5) is 0 Å². The second-order valence-corrected chi connectivity index (χ2v) is 6.56. The fourth-order valence-electron chi connectivity index (χ4n) is 3.03. The topological polar surface area (TPSA) is 30.5 Å². The molecule has 0 radical (unpaired) electrons. The molecule has 3 rings (SSSR count). The van der Waals surface area contributed by atoms with Crippen LogP contribution < -0.4 is 10.1 Å². The normalized spacial score (nSPS) is 11.0. The number of benzene rings is 3. The van der Waals surface area contributed by atoms with Crippen molar-refractivity contribution in [1.82, 2.24) is 5.32 Å². The quantitative estimate of drug-likeness (QED) is 0.560. The average Bonchev–Trinajstić information content (AvgIpc) is 2.68. The Hall–Kier alpha value is -2.36. The Morgan fingerprint density at radius 3 is 2.54 bits per heavy atom. The van der Waals surface area contributed by atoms with Gasteiger partial charge in [-0.1, -0.05) is 60.2 Å². The van der Waals surface area contributed by atoms with Crippen molar-refractivity contribution >= 4 is 10.8 Å². The minimum absolute atomic E-state index is 0.579. The number of methoxy groups -OCH3 is 1. The van der Waals surface area contributed by atoms with Crippen LogP contribution >= 0.6 is 0 Å². The third-order valence-corrected chi connectivity index (χ3v) is 4.52. The van der Waals surface area contributed by atoms with E-state index < -0.39 is 0 Å². The van der Waals surface area contributed by atoms with E-state index in [1.165, 1.54) is 27.5 Å². The Morgan fingerprint density at radius 1 is 0.923 bits per heavy atom. The summed E-state index contributed by atoms with van der Waals surface area (Å²) in [6.07, 6.45) is 1.00. The molecule has 26 heavy (non-hydrogen) atoms. The van der Waals surface area contributed by atoms with E-state index in [4.69, 9.17) is 9.47 Å². The molecule has 0 fully saturated rings. The molecule has 0 saturated heterocycles. The summed E-state index contributed by atoms with van der Waals surface area (Å²) in [7, 11) is 1.74. The van der Waals surface area contributed by atoms with Gasteiger partial charge in [0.25, 0.3) is 0 Å². The smallest absolute Gasteiger partial charge is 0.124 e. The molecule has 0 atom stereocenters. The van der Waals surface area contributed by atoms with Gasteiger partial charge in [0.05, 0.1) is 0 Å². The highest BCUT2D eigenvalue weighted by molar-refractivity contribution is 5.87. The van der Waals surface area contributed by atoms with Crippen molar-refractivity contribution in [3.05, 3.63) is 77.4 Å². The third kappa shape index (κ3) is 4.84. The highest BCUT2D eigenvalue weighted by Gasteiger charge is 2.09. The fraction of sp³-hybridized carbons (Fsp3) is 0.304. The Labute approximate surface area is 156 Å². The molecule has 0 aromatic heterocycles. The summed E-state index contributed by atoms with van der Waals surface area (Å²) in [5.74, 6) is 0.948. The highest BCUT2D eigenvalue weighted by Crippen LogP contribution is 2.28. The van der Waals surface area contributed by atoms with Crippen LogP contribution in [0.5, 0.6) is 5.75 Å². The van der Waals surface area contributed by atoms with Crippen molar-refractivity contribution < 1.29 is 9.47 Å². The summed E-state index contributed by atoms with van der Waals surface area (Å²) in [6, 6.07) is 21.2. The van der Waals surface area contributed by atoms with Gasteiger partial charge in [0.2, 0.25) is 0 Å². The summed E-state index contributed by atoms with van der Waals surface area (Å²) < 4.78 is 11.3.